The SMILES string of the molecule is Nc1c(Nc2ccc(Cl)cc2)ncnc1N1CCN(c2ccccc2)CC1. The van der Waals surface area contributed by atoms with Gasteiger partial charge in [0.2, 0.25) is 0 Å². The van der Waals surface area contributed by atoms with Crippen molar-refractivity contribution in [2.45, 2.75) is 0 Å². The van der Waals surface area contributed by atoms with Gasteiger partial charge in [0.1, 0.15) is 12.0 Å². The molecule has 0 bridgehead atoms. The average Bonchev–Trinajstić information content (AvgIpc) is 2.72. The van der Waals surface area contributed by atoms with Gasteiger partial charge in [-0.05, 0) is 36.4 Å². The number of piperazine rings is 1. The average molecular weight is 381 g/mol. The molecule has 27 heavy (non-hydrogen) atoms. The van der Waals surface area contributed by atoms with Crippen molar-refractivity contribution in [3.8, 4) is 0 Å². The molecule has 3 N–H and O–H groups in total. The van der Waals surface area contributed by atoms with Crippen LogP contribution in [0.1, 0.15) is 0 Å². The van der Waals surface area contributed by atoms with Crippen LogP contribution in [-0.4, -0.2) is 36.1 Å². The molecular formula is C20H21ClN6. The fraction of sp³-hybridized carbons (Fsp3) is 0.200. The van der Waals surface area contributed by atoms with Gasteiger partial charge in [0.25, 0.3) is 0 Å². The summed E-state index contributed by atoms with van der Waals surface area (Å²) in [6, 6.07) is 17.9. The van der Waals surface area contributed by atoms with Crippen molar-refractivity contribution < 1.29 is 0 Å². The van der Waals surface area contributed by atoms with Crippen LogP contribution in [0.15, 0.2) is 60.9 Å². The van der Waals surface area contributed by atoms with Crippen LogP contribution in [0.2, 0.25) is 5.02 Å². The number of nitrogens with two attached hydrogens (primary N) is 1. The first-order valence-corrected chi connectivity index (χ1v) is 9.26. The van der Waals surface area contributed by atoms with Crippen molar-refractivity contribution in [3.05, 3.63) is 65.9 Å². The number of nitrogens with zero attached hydrogens (tertiary/aromatic N) is 4. The third-order valence-electron chi connectivity index (χ3n) is 4.67. The third-order valence-corrected chi connectivity index (χ3v) is 4.92. The highest BCUT2D eigenvalue weighted by molar-refractivity contribution is 6.30. The maximum atomic E-state index is 6.37. The largest absolute Gasteiger partial charge is 0.393 e. The van der Waals surface area contributed by atoms with Crippen molar-refractivity contribution in [1.29, 1.82) is 0 Å². The minimum atomic E-state index is 0.556. The van der Waals surface area contributed by atoms with E-state index in [2.05, 4.69) is 49.4 Å². The number of halogens is 1. The summed E-state index contributed by atoms with van der Waals surface area (Å²) < 4.78 is 0. The first kappa shape index (κ1) is 17.4. The lowest BCUT2D eigenvalue weighted by molar-refractivity contribution is 0.647. The summed E-state index contributed by atoms with van der Waals surface area (Å²) >= 11 is 5.94. The standard InChI is InChI=1S/C20H21ClN6/c21-15-6-8-16(9-7-15)25-19-18(22)20(24-14-23-19)27-12-10-26(11-13-27)17-4-2-1-3-5-17/h1-9,14H,10-13,22H2,(H,23,24,25). The molecule has 7 heteroatoms. The molecule has 1 fully saturated rings. The van der Waals surface area contributed by atoms with E-state index in [1.165, 1.54) is 5.69 Å². The predicted octanol–water partition coefficient (Wildman–Crippen LogP) is 3.78. The molecule has 0 unspecified atom stereocenters. The number of rotatable bonds is 4. The van der Waals surface area contributed by atoms with E-state index in [0.29, 0.717) is 16.5 Å². The van der Waals surface area contributed by atoms with Crippen molar-refractivity contribution in [3.63, 3.8) is 0 Å². The number of aromatic nitrogens is 2. The molecule has 0 saturated carbocycles. The van der Waals surface area contributed by atoms with Gasteiger partial charge in [0.15, 0.2) is 11.6 Å². The minimum absolute atomic E-state index is 0.556. The van der Waals surface area contributed by atoms with Gasteiger partial charge >= 0.3 is 0 Å². The van der Waals surface area contributed by atoms with Crippen LogP contribution in [-0.2, 0) is 0 Å². The number of benzene rings is 2. The Morgan fingerprint density at radius 2 is 1.52 bits per heavy atom. The fourth-order valence-electron chi connectivity index (χ4n) is 3.22. The zero-order chi connectivity index (χ0) is 18.6. The number of hydrogen-bond acceptors (Lipinski definition) is 6. The third kappa shape index (κ3) is 3.90. The monoisotopic (exact) mass is 380 g/mol. The van der Waals surface area contributed by atoms with E-state index in [9.17, 15) is 0 Å². The molecule has 0 radical (unpaired) electrons. The van der Waals surface area contributed by atoms with Crippen molar-refractivity contribution in [2.24, 2.45) is 0 Å². The fourth-order valence-corrected chi connectivity index (χ4v) is 3.35. The molecule has 2 aromatic carbocycles. The van der Waals surface area contributed by atoms with Gasteiger partial charge in [0.05, 0.1) is 0 Å². The summed E-state index contributed by atoms with van der Waals surface area (Å²) in [5.74, 6) is 1.38. The minimum Gasteiger partial charge on any atom is -0.393 e. The van der Waals surface area contributed by atoms with Crippen LogP contribution in [0.3, 0.4) is 0 Å². The Kier molecular flexibility index (Phi) is 4.98. The molecule has 3 aromatic rings. The van der Waals surface area contributed by atoms with Crippen LogP contribution >= 0.6 is 11.6 Å². The molecule has 1 aliphatic rings. The second kappa shape index (κ2) is 7.72. The highest BCUT2D eigenvalue weighted by Gasteiger charge is 2.21. The van der Waals surface area contributed by atoms with E-state index in [1.54, 1.807) is 6.33 Å². The van der Waals surface area contributed by atoms with Gasteiger partial charge in [-0.2, -0.15) is 0 Å². The topological polar surface area (TPSA) is 70.3 Å². The molecule has 0 atom stereocenters. The normalized spacial score (nSPS) is 14.3. The lowest BCUT2D eigenvalue weighted by Crippen LogP contribution is -2.47. The zero-order valence-electron chi connectivity index (χ0n) is 14.8. The van der Waals surface area contributed by atoms with E-state index >= 15 is 0 Å². The number of anilines is 5. The predicted molar refractivity (Wildman–Crippen MR) is 112 cm³/mol. The molecule has 6 nitrogen and oxygen atoms in total. The number of nitrogens with one attached hydrogen (secondary N) is 1. The van der Waals surface area contributed by atoms with Crippen molar-refractivity contribution in [1.82, 2.24) is 9.97 Å². The Morgan fingerprint density at radius 3 is 2.22 bits per heavy atom. The summed E-state index contributed by atoms with van der Waals surface area (Å²) in [6.07, 6.45) is 1.55. The summed E-state index contributed by atoms with van der Waals surface area (Å²) in [5, 5.41) is 3.93. The lowest BCUT2D eigenvalue weighted by Gasteiger charge is -2.37. The van der Waals surface area contributed by atoms with Crippen LogP contribution < -0.4 is 20.9 Å². The van der Waals surface area contributed by atoms with Crippen LogP contribution in [0.4, 0.5) is 28.7 Å². The molecule has 0 aliphatic carbocycles. The Balaban J connectivity index is 1.47. The van der Waals surface area contributed by atoms with Crippen molar-refractivity contribution >= 4 is 40.3 Å². The molecule has 0 spiro atoms. The summed E-state index contributed by atoms with van der Waals surface area (Å²) in [6.45, 7) is 3.56. The maximum absolute atomic E-state index is 6.37. The van der Waals surface area contributed by atoms with Gasteiger partial charge in [0, 0.05) is 42.6 Å². The van der Waals surface area contributed by atoms with Gasteiger partial charge in [-0.1, -0.05) is 29.8 Å². The Bertz CT molecular complexity index is 892. The molecule has 138 valence electrons. The molecule has 4 rings (SSSR count). The molecular weight excluding hydrogens is 360 g/mol. The highest BCUT2D eigenvalue weighted by atomic mass is 35.5. The summed E-state index contributed by atoms with van der Waals surface area (Å²) in [7, 11) is 0. The first-order valence-electron chi connectivity index (χ1n) is 8.89. The zero-order valence-corrected chi connectivity index (χ0v) is 15.6. The summed E-state index contributed by atoms with van der Waals surface area (Å²) in [5.41, 5.74) is 9.05. The molecule has 2 heterocycles. The van der Waals surface area contributed by atoms with E-state index in [0.717, 1.165) is 37.7 Å². The Labute approximate surface area is 163 Å². The second-order valence-corrected chi connectivity index (χ2v) is 6.84. The van der Waals surface area contributed by atoms with Crippen LogP contribution in [0.5, 0.6) is 0 Å². The van der Waals surface area contributed by atoms with E-state index in [1.807, 2.05) is 30.3 Å². The van der Waals surface area contributed by atoms with Gasteiger partial charge in [-0.25, -0.2) is 9.97 Å². The quantitative estimate of drug-likeness (QED) is 0.717. The first-order chi connectivity index (χ1) is 13.2. The van der Waals surface area contributed by atoms with Crippen molar-refractivity contribution in [2.75, 3.05) is 47.0 Å². The second-order valence-electron chi connectivity index (χ2n) is 6.40. The van der Waals surface area contributed by atoms with Crippen LogP contribution in [0, 0.1) is 0 Å². The van der Waals surface area contributed by atoms with Gasteiger partial charge in [-0.3, -0.25) is 0 Å². The molecule has 1 aromatic heterocycles. The lowest BCUT2D eigenvalue weighted by atomic mass is 10.2. The van der Waals surface area contributed by atoms with Crippen LogP contribution in [0.25, 0.3) is 0 Å². The smallest absolute Gasteiger partial charge is 0.159 e. The van der Waals surface area contributed by atoms with E-state index in [4.69, 9.17) is 17.3 Å². The van der Waals surface area contributed by atoms with E-state index in [-0.39, 0.29) is 0 Å². The van der Waals surface area contributed by atoms with Gasteiger partial charge in [-0.15, -0.1) is 0 Å². The molecule has 1 saturated heterocycles. The van der Waals surface area contributed by atoms with Gasteiger partial charge < -0.3 is 20.9 Å². The highest BCUT2D eigenvalue weighted by Crippen LogP contribution is 2.30. The Morgan fingerprint density at radius 1 is 0.852 bits per heavy atom. The molecule has 0 amide bonds. The number of nitrogen functional groups attached to an aromatic ring is 1. The number of hydrogen-bond donors (Lipinski definition) is 2. The summed E-state index contributed by atoms with van der Waals surface area (Å²) in [4.78, 5) is 13.3. The maximum Gasteiger partial charge on any atom is 0.159 e. The van der Waals surface area contributed by atoms with E-state index < -0.39 is 0 Å². The Hall–Kier alpha value is -2.99. The molecule has 1 aliphatic heterocycles. The number of para-hydroxylation sites is 1.